The molecule has 5 heteroatoms. The number of allylic oxidation sites excluding steroid dienone is 2. The van der Waals surface area contributed by atoms with E-state index in [0.717, 1.165) is 5.56 Å². The average Bonchev–Trinajstić information content (AvgIpc) is 3.33. The van der Waals surface area contributed by atoms with Crippen LogP contribution in [-0.2, 0) is 25.5 Å². The summed E-state index contributed by atoms with van der Waals surface area (Å²) < 4.78 is 10.2. The Bertz CT molecular complexity index is 795. The van der Waals surface area contributed by atoms with Crippen molar-refractivity contribution in [3.63, 3.8) is 0 Å². The van der Waals surface area contributed by atoms with Crippen LogP contribution in [0.3, 0.4) is 0 Å². The van der Waals surface area contributed by atoms with Crippen LogP contribution in [0.2, 0.25) is 0 Å². The summed E-state index contributed by atoms with van der Waals surface area (Å²) in [4.78, 5) is 38.8. The lowest BCUT2D eigenvalue weighted by molar-refractivity contribution is -0.171. The van der Waals surface area contributed by atoms with Gasteiger partial charge in [-0.1, -0.05) is 36.4 Å². The number of ether oxygens (including phenoxy) is 2. The molecule has 25 heavy (non-hydrogen) atoms. The largest absolute Gasteiger partial charge is 0.469 e. The van der Waals surface area contributed by atoms with Gasteiger partial charge in [-0.2, -0.15) is 0 Å². The Kier molecular flexibility index (Phi) is 3.56. The maximum absolute atomic E-state index is 13.2. The van der Waals surface area contributed by atoms with Crippen LogP contribution >= 0.6 is 0 Å². The van der Waals surface area contributed by atoms with E-state index in [-0.39, 0.29) is 17.6 Å². The summed E-state index contributed by atoms with van der Waals surface area (Å²) in [5.41, 5.74) is 0.388. The van der Waals surface area contributed by atoms with Crippen LogP contribution in [0.4, 0.5) is 0 Å². The Morgan fingerprint density at radius 3 is 2.56 bits per heavy atom. The van der Waals surface area contributed by atoms with Gasteiger partial charge in [0.15, 0.2) is 5.78 Å². The molecule has 0 aliphatic heterocycles. The molecule has 0 saturated heterocycles. The third kappa shape index (κ3) is 1.92. The molecule has 3 aliphatic carbocycles. The van der Waals surface area contributed by atoms with Gasteiger partial charge in [0.25, 0.3) is 0 Å². The van der Waals surface area contributed by atoms with Crippen LogP contribution in [-0.4, -0.2) is 31.9 Å². The molecular formula is C20H20O5. The van der Waals surface area contributed by atoms with E-state index >= 15 is 0 Å². The van der Waals surface area contributed by atoms with Gasteiger partial charge in [-0.15, -0.1) is 0 Å². The molecule has 0 amide bonds. The first kappa shape index (κ1) is 16.1. The molecule has 3 aliphatic rings. The summed E-state index contributed by atoms with van der Waals surface area (Å²) in [6.07, 6.45) is 5.07. The van der Waals surface area contributed by atoms with Crippen LogP contribution in [0.25, 0.3) is 0 Å². The Morgan fingerprint density at radius 1 is 1.12 bits per heavy atom. The molecule has 0 radical (unpaired) electrons. The number of rotatable bonds is 3. The number of hydrogen-bond donors (Lipinski definition) is 0. The van der Waals surface area contributed by atoms with Gasteiger partial charge in [0.05, 0.1) is 25.6 Å². The summed E-state index contributed by atoms with van der Waals surface area (Å²) in [7, 11) is 2.64. The van der Waals surface area contributed by atoms with Crippen molar-refractivity contribution in [1.29, 1.82) is 0 Å². The first-order valence-electron chi connectivity index (χ1n) is 8.52. The SMILES string of the molecule is COC(=O)[C@@H]1[C@H]2C=C[C@H](C2)[C@]1(C(=O)OC)[C@@H]1Cc2ccccc2C1=O. The summed E-state index contributed by atoms with van der Waals surface area (Å²) in [5.74, 6) is -2.54. The van der Waals surface area contributed by atoms with Crippen molar-refractivity contribution in [2.24, 2.45) is 29.1 Å². The molecule has 130 valence electrons. The van der Waals surface area contributed by atoms with Crippen molar-refractivity contribution < 1.29 is 23.9 Å². The molecule has 1 fully saturated rings. The number of fused-ring (bicyclic) bond motifs is 3. The number of carbonyl (C=O) groups excluding carboxylic acids is 3. The highest BCUT2D eigenvalue weighted by Gasteiger charge is 2.69. The second-order valence-electron chi connectivity index (χ2n) is 7.09. The zero-order valence-electron chi connectivity index (χ0n) is 14.2. The van der Waals surface area contributed by atoms with Gasteiger partial charge < -0.3 is 9.47 Å². The first-order valence-corrected chi connectivity index (χ1v) is 8.52. The van der Waals surface area contributed by atoms with E-state index < -0.39 is 29.2 Å². The molecule has 2 bridgehead atoms. The Balaban J connectivity index is 1.87. The van der Waals surface area contributed by atoms with Crippen LogP contribution in [0.1, 0.15) is 22.3 Å². The van der Waals surface area contributed by atoms with Gasteiger partial charge in [-0.05, 0) is 30.2 Å². The highest BCUT2D eigenvalue weighted by molar-refractivity contribution is 6.06. The summed E-state index contributed by atoms with van der Waals surface area (Å²) in [6.45, 7) is 0. The van der Waals surface area contributed by atoms with E-state index in [9.17, 15) is 14.4 Å². The Morgan fingerprint density at radius 2 is 1.88 bits per heavy atom. The predicted octanol–water partition coefficient (Wildman–Crippen LogP) is 2.20. The van der Waals surface area contributed by atoms with Crippen LogP contribution in [0, 0.1) is 29.1 Å². The molecule has 0 aromatic heterocycles. The van der Waals surface area contributed by atoms with Gasteiger partial charge in [0.2, 0.25) is 0 Å². The van der Waals surface area contributed by atoms with E-state index in [1.165, 1.54) is 14.2 Å². The third-order valence-electron chi connectivity index (χ3n) is 6.27. The number of carbonyl (C=O) groups is 3. The van der Waals surface area contributed by atoms with Gasteiger partial charge in [-0.3, -0.25) is 14.4 Å². The van der Waals surface area contributed by atoms with Crippen molar-refractivity contribution >= 4 is 17.7 Å². The van der Waals surface area contributed by atoms with E-state index in [1.807, 2.05) is 30.4 Å². The van der Waals surface area contributed by atoms with Gasteiger partial charge in [-0.25, -0.2) is 0 Å². The molecule has 0 spiro atoms. The fourth-order valence-electron chi connectivity index (χ4n) is 5.31. The minimum absolute atomic E-state index is 0.0733. The van der Waals surface area contributed by atoms with Crippen molar-refractivity contribution in [3.8, 4) is 0 Å². The van der Waals surface area contributed by atoms with Crippen LogP contribution in [0.5, 0.6) is 0 Å². The Labute approximate surface area is 146 Å². The number of Topliss-reactive ketones (excluding diaryl/α,β-unsaturated/α-hetero) is 1. The molecule has 1 saturated carbocycles. The standard InChI is InChI=1S/C20H20O5/c1-24-18(22)16-12-7-8-13(9-12)20(16,19(23)25-2)15-10-11-5-3-4-6-14(11)17(15)21/h3-8,12-13,15-16H,9-10H2,1-2H3/t12-,13+,15+,16-,20-/m0/s1. The topological polar surface area (TPSA) is 69.7 Å². The van der Waals surface area contributed by atoms with Gasteiger partial charge in [0, 0.05) is 11.5 Å². The quantitative estimate of drug-likeness (QED) is 0.623. The lowest BCUT2D eigenvalue weighted by Crippen LogP contribution is -2.53. The molecule has 0 N–H and O–H groups in total. The predicted molar refractivity (Wildman–Crippen MR) is 88.7 cm³/mol. The van der Waals surface area contributed by atoms with Gasteiger partial charge >= 0.3 is 11.9 Å². The van der Waals surface area contributed by atoms with Crippen molar-refractivity contribution in [2.75, 3.05) is 14.2 Å². The highest BCUT2D eigenvalue weighted by Crippen LogP contribution is 2.62. The molecule has 4 rings (SSSR count). The maximum atomic E-state index is 13.2. The normalized spacial score (nSPS) is 34.9. The molecule has 0 heterocycles. The second kappa shape index (κ2) is 5.55. The molecule has 1 aromatic carbocycles. The number of benzene rings is 1. The highest BCUT2D eigenvalue weighted by atomic mass is 16.5. The van der Waals surface area contributed by atoms with E-state index in [0.29, 0.717) is 18.4 Å². The van der Waals surface area contributed by atoms with Crippen molar-refractivity contribution in [3.05, 3.63) is 47.5 Å². The zero-order chi connectivity index (χ0) is 17.8. The van der Waals surface area contributed by atoms with Crippen LogP contribution in [0.15, 0.2) is 36.4 Å². The Hall–Kier alpha value is -2.43. The van der Waals surface area contributed by atoms with Crippen molar-refractivity contribution in [2.45, 2.75) is 12.8 Å². The lowest BCUT2D eigenvalue weighted by Gasteiger charge is -2.41. The average molecular weight is 340 g/mol. The number of methoxy groups -OCH3 is 2. The molecular weight excluding hydrogens is 320 g/mol. The molecule has 5 nitrogen and oxygen atoms in total. The minimum atomic E-state index is -1.18. The fraction of sp³-hybridized carbons (Fsp3) is 0.450. The van der Waals surface area contributed by atoms with E-state index in [1.54, 1.807) is 6.07 Å². The maximum Gasteiger partial charge on any atom is 0.314 e. The van der Waals surface area contributed by atoms with Gasteiger partial charge in [0.1, 0.15) is 0 Å². The van der Waals surface area contributed by atoms with Crippen LogP contribution < -0.4 is 0 Å². The summed E-state index contributed by atoms with van der Waals surface area (Å²) >= 11 is 0. The number of ketones is 1. The molecule has 1 aromatic rings. The monoisotopic (exact) mass is 340 g/mol. The second-order valence-corrected chi connectivity index (χ2v) is 7.09. The number of esters is 2. The lowest BCUT2D eigenvalue weighted by atomic mass is 9.59. The third-order valence-corrected chi connectivity index (χ3v) is 6.27. The number of hydrogen-bond acceptors (Lipinski definition) is 5. The van der Waals surface area contributed by atoms with Crippen molar-refractivity contribution in [1.82, 2.24) is 0 Å². The van der Waals surface area contributed by atoms with E-state index in [2.05, 4.69) is 0 Å². The molecule has 0 unspecified atom stereocenters. The smallest absolute Gasteiger partial charge is 0.314 e. The zero-order valence-corrected chi connectivity index (χ0v) is 14.2. The molecule has 5 atom stereocenters. The summed E-state index contributed by atoms with van der Waals surface area (Å²) in [6, 6.07) is 7.41. The first-order chi connectivity index (χ1) is 12.1. The minimum Gasteiger partial charge on any atom is -0.469 e. The van der Waals surface area contributed by atoms with E-state index in [4.69, 9.17) is 9.47 Å². The fourth-order valence-corrected chi connectivity index (χ4v) is 5.31. The summed E-state index contributed by atoms with van der Waals surface area (Å²) in [5, 5.41) is 0.